The molecule has 0 spiro atoms. The molecule has 0 aromatic heterocycles. The van der Waals surface area contributed by atoms with Crippen LogP contribution < -0.4 is 10.6 Å². The number of halogens is 1. The Bertz CT molecular complexity index is 530. The first-order valence-electron chi connectivity index (χ1n) is 5.42. The zero-order valence-corrected chi connectivity index (χ0v) is 10.4. The Kier molecular flexibility index (Phi) is 2.99. The Morgan fingerprint density at radius 2 is 2.18 bits per heavy atom. The van der Waals surface area contributed by atoms with Gasteiger partial charge in [-0.1, -0.05) is 6.07 Å². The molecule has 1 aromatic carbocycles. The van der Waals surface area contributed by atoms with Crippen LogP contribution in [0.2, 0.25) is 0 Å². The number of benzene rings is 1. The maximum atomic E-state index is 13.3. The van der Waals surface area contributed by atoms with Crippen molar-refractivity contribution in [1.82, 2.24) is 0 Å². The number of nitrogen functional groups attached to an aromatic ring is 1. The fourth-order valence-corrected chi connectivity index (χ4v) is 3.69. The van der Waals surface area contributed by atoms with Crippen LogP contribution in [0.3, 0.4) is 0 Å². The third-order valence-electron chi connectivity index (χ3n) is 3.01. The van der Waals surface area contributed by atoms with Crippen LogP contribution in [-0.4, -0.2) is 32.5 Å². The monoisotopic (exact) mass is 258 g/mol. The van der Waals surface area contributed by atoms with Gasteiger partial charge < -0.3 is 10.6 Å². The lowest BCUT2D eigenvalue weighted by Crippen LogP contribution is -2.47. The first-order valence-corrected chi connectivity index (χ1v) is 7.24. The van der Waals surface area contributed by atoms with E-state index in [0.29, 0.717) is 12.2 Å². The minimum Gasteiger partial charge on any atom is -0.395 e. The van der Waals surface area contributed by atoms with E-state index in [1.165, 1.54) is 6.07 Å². The topological polar surface area (TPSA) is 63.4 Å². The van der Waals surface area contributed by atoms with Crippen LogP contribution in [0.5, 0.6) is 0 Å². The van der Waals surface area contributed by atoms with Crippen LogP contribution in [0.1, 0.15) is 6.92 Å². The number of anilines is 2. The minimum absolute atomic E-state index is 0.0821. The molecule has 0 bridgehead atoms. The van der Waals surface area contributed by atoms with Crippen LogP contribution in [0.4, 0.5) is 15.8 Å². The molecular weight excluding hydrogens is 243 g/mol. The summed E-state index contributed by atoms with van der Waals surface area (Å²) in [5, 5.41) is 0. The summed E-state index contributed by atoms with van der Waals surface area (Å²) in [5.41, 5.74) is 6.34. The lowest BCUT2D eigenvalue weighted by atomic mass is 10.2. The zero-order chi connectivity index (χ0) is 12.6. The molecule has 0 aliphatic carbocycles. The number of hydrogen-bond acceptors (Lipinski definition) is 4. The van der Waals surface area contributed by atoms with Crippen LogP contribution >= 0.6 is 0 Å². The Hall–Kier alpha value is -1.30. The third kappa shape index (κ3) is 2.36. The van der Waals surface area contributed by atoms with Crippen LogP contribution in [0.15, 0.2) is 18.2 Å². The molecule has 2 N–H and O–H groups in total. The molecule has 1 aromatic rings. The fourth-order valence-electron chi connectivity index (χ4n) is 2.13. The van der Waals surface area contributed by atoms with Crippen molar-refractivity contribution in [2.45, 2.75) is 13.0 Å². The van der Waals surface area contributed by atoms with E-state index < -0.39 is 15.7 Å². The lowest BCUT2D eigenvalue weighted by molar-refractivity contribution is 0.568. The second-order valence-electron chi connectivity index (χ2n) is 4.33. The van der Waals surface area contributed by atoms with E-state index in [1.807, 2.05) is 4.90 Å². The van der Waals surface area contributed by atoms with Gasteiger partial charge in [-0.15, -0.1) is 0 Å². The number of nitrogens with two attached hydrogens (primary N) is 1. The first-order chi connectivity index (χ1) is 7.91. The van der Waals surface area contributed by atoms with Crippen molar-refractivity contribution in [2.24, 2.45) is 0 Å². The van der Waals surface area contributed by atoms with E-state index >= 15 is 0 Å². The molecule has 6 heteroatoms. The second kappa shape index (κ2) is 4.18. The molecule has 2 rings (SSSR count). The molecule has 1 atom stereocenters. The molecule has 1 aliphatic rings. The molecular formula is C11H15FN2O2S. The van der Waals surface area contributed by atoms with E-state index in [-0.39, 0.29) is 23.2 Å². The Morgan fingerprint density at radius 1 is 1.47 bits per heavy atom. The van der Waals surface area contributed by atoms with Gasteiger partial charge in [-0.05, 0) is 19.1 Å². The second-order valence-corrected chi connectivity index (χ2v) is 6.56. The molecule has 1 aliphatic heterocycles. The smallest absolute Gasteiger partial charge is 0.154 e. The molecule has 17 heavy (non-hydrogen) atoms. The number of hydrogen-bond donors (Lipinski definition) is 1. The van der Waals surface area contributed by atoms with Crippen molar-refractivity contribution in [1.29, 1.82) is 0 Å². The predicted octanol–water partition coefficient (Wildman–Crippen LogP) is 1.03. The van der Waals surface area contributed by atoms with Gasteiger partial charge in [0.15, 0.2) is 9.84 Å². The van der Waals surface area contributed by atoms with Crippen molar-refractivity contribution < 1.29 is 12.8 Å². The molecule has 0 radical (unpaired) electrons. The van der Waals surface area contributed by atoms with Crippen LogP contribution in [0, 0.1) is 5.82 Å². The van der Waals surface area contributed by atoms with E-state index in [4.69, 9.17) is 5.73 Å². The summed E-state index contributed by atoms with van der Waals surface area (Å²) in [4.78, 5) is 1.85. The molecule has 94 valence electrons. The average Bonchev–Trinajstić information content (AvgIpc) is 2.22. The molecule has 1 fully saturated rings. The highest BCUT2D eigenvalue weighted by atomic mass is 32.2. The van der Waals surface area contributed by atoms with Gasteiger partial charge in [-0.3, -0.25) is 0 Å². The SMILES string of the molecule is CC1CS(=O)(=O)CCN1c1cccc(F)c1N. The summed E-state index contributed by atoms with van der Waals surface area (Å²) in [6, 6.07) is 4.41. The van der Waals surface area contributed by atoms with Crippen molar-refractivity contribution in [3.05, 3.63) is 24.0 Å². The molecule has 0 saturated carbocycles. The highest BCUT2D eigenvalue weighted by molar-refractivity contribution is 7.91. The summed E-state index contributed by atoms with van der Waals surface area (Å²) in [6.45, 7) is 2.16. The Balaban J connectivity index is 2.33. The van der Waals surface area contributed by atoms with Gasteiger partial charge in [0, 0.05) is 12.6 Å². The normalized spacial score (nSPS) is 23.6. The van der Waals surface area contributed by atoms with Gasteiger partial charge >= 0.3 is 0 Å². The number of sulfone groups is 1. The number of para-hydroxylation sites is 1. The minimum atomic E-state index is -2.97. The quantitative estimate of drug-likeness (QED) is 0.764. The molecule has 0 amide bonds. The van der Waals surface area contributed by atoms with Gasteiger partial charge in [0.2, 0.25) is 0 Å². The zero-order valence-electron chi connectivity index (χ0n) is 9.56. The summed E-state index contributed by atoms with van der Waals surface area (Å²) in [7, 11) is -2.97. The average molecular weight is 258 g/mol. The predicted molar refractivity (Wildman–Crippen MR) is 66.3 cm³/mol. The summed E-state index contributed by atoms with van der Waals surface area (Å²) in [5.74, 6) is -0.292. The molecule has 1 saturated heterocycles. The molecule has 1 heterocycles. The van der Waals surface area contributed by atoms with E-state index in [2.05, 4.69) is 0 Å². The van der Waals surface area contributed by atoms with Crippen LogP contribution in [-0.2, 0) is 9.84 Å². The van der Waals surface area contributed by atoms with Gasteiger partial charge in [0.1, 0.15) is 5.82 Å². The summed E-state index contributed by atoms with van der Waals surface area (Å²) < 4.78 is 36.3. The number of rotatable bonds is 1. The van der Waals surface area contributed by atoms with E-state index in [0.717, 1.165) is 0 Å². The maximum Gasteiger partial charge on any atom is 0.154 e. The Morgan fingerprint density at radius 3 is 2.82 bits per heavy atom. The highest BCUT2D eigenvalue weighted by Crippen LogP contribution is 2.29. The number of nitrogens with zero attached hydrogens (tertiary/aromatic N) is 1. The van der Waals surface area contributed by atoms with Crippen LogP contribution in [0.25, 0.3) is 0 Å². The molecule has 4 nitrogen and oxygen atoms in total. The van der Waals surface area contributed by atoms with Gasteiger partial charge in [0.25, 0.3) is 0 Å². The first kappa shape index (κ1) is 12.2. The third-order valence-corrected chi connectivity index (χ3v) is 4.80. The van der Waals surface area contributed by atoms with Crippen molar-refractivity contribution in [3.63, 3.8) is 0 Å². The maximum absolute atomic E-state index is 13.3. The van der Waals surface area contributed by atoms with Gasteiger partial charge in [-0.25, -0.2) is 12.8 Å². The summed E-state index contributed by atoms with van der Waals surface area (Å²) in [6.07, 6.45) is 0. The van der Waals surface area contributed by atoms with Gasteiger partial charge in [-0.2, -0.15) is 0 Å². The fraction of sp³-hybridized carbons (Fsp3) is 0.455. The molecule has 1 unspecified atom stereocenters. The van der Waals surface area contributed by atoms with Crippen molar-refractivity contribution in [2.75, 3.05) is 28.7 Å². The largest absolute Gasteiger partial charge is 0.395 e. The van der Waals surface area contributed by atoms with Crippen molar-refractivity contribution in [3.8, 4) is 0 Å². The lowest BCUT2D eigenvalue weighted by Gasteiger charge is -2.35. The summed E-state index contributed by atoms with van der Waals surface area (Å²) >= 11 is 0. The van der Waals surface area contributed by atoms with E-state index in [9.17, 15) is 12.8 Å². The van der Waals surface area contributed by atoms with E-state index in [1.54, 1.807) is 19.1 Å². The highest BCUT2D eigenvalue weighted by Gasteiger charge is 2.29. The van der Waals surface area contributed by atoms with Crippen molar-refractivity contribution >= 4 is 21.2 Å². The standard InChI is InChI=1S/C11H15FN2O2S/c1-8-7-17(15,16)6-5-14(8)10-4-2-3-9(12)11(10)13/h2-4,8H,5-7,13H2,1H3. The Labute approximate surface area is 100 Å². The van der Waals surface area contributed by atoms with Gasteiger partial charge in [0.05, 0.1) is 22.9 Å².